The van der Waals surface area contributed by atoms with Crippen molar-refractivity contribution >= 4 is 0 Å². The standard InChI is InChI=1S/C8H17NO/c1-7(9-2)6-8(10)4-3-5-8/h7,9-10H,3-6H2,1-2H3. The minimum absolute atomic E-state index is 0.317. The zero-order valence-electron chi connectivity index (χ0n) is 6.85. The lowest BCUT2D eigenvalue weighted by Crippen LogP contribution is -2.42. The average molecular weight is 143 g/mol. The molecule has 1 atom stereocenters. The van der Waals surface area contributed by atoms with Gasteiger partial charge in [-0.2, -0.15) is 0 Å². The van der Waals surface area contributed by atoms with Gasteiger partial charge in [0.1, 0.15) is 0 Å². The van der Waals surface area contributed by atoms with Gasteiger partial charge in [0.05, 0.1) is 5.60 Å². The van der Waals surface area contributed by atoms with E-state index < -0.39 is 0 Å². The molecule has 0 aliphatic heterocycles. The van der Waals surface area contributed by atoms with Crippen LogP contribution < -0.4 is 5.32 Å². The second-order valence-electron chi connectivity index (χ2n) is 3.47. The van der Waals surface area contributed by atoms with Gasteiger partial charge in [-0.05, 0) is 39.7 Å². The van der Waals surface area contributed by atoms with E-state index in [9.17, 15) is 5.11 Å². The van der Waals surface area contributed by atoms with Gasteiger partial charge in [-0.3, -0.25) is 0 Å². The number of rotatable bonds is 3. The SMILES string of the molecule is CNC(C)CC1(O)CCC1. The maximum atomic E-state index is 9.67. The average Bonchev–Trinajstić information content (AvgIpc) is 1.84. The second-order valence-corrected chi connectivity index (χ2v) is 3.47. The first kappa shape index (κ1) is 8.02. The second kappa shape index (κ2) is 2.89. The van der Waals surface area contributed by atoms with Crippen LogP contribution in [0.3, 0.4) is 0 Å². The van der Waals surface area contributed by atoms with Crippen molar-refractivity contribution in [1.82, 2.24) is 5.32 Å². The Morgan fingerprint density at radius 1 is 1.60 bits per heavy atom. The molecule has 0 bridgehead atoms. The molecule has 1 aliphatic carbocycles. The van der Waals surface area contributed by atoms with E-state index in [0.29, 0.717) is 6.04 Å². The Balaban J connectivity index is 2.22. The quantitative estimate of drug-likeness (QED) is 0.615. The van der Waals surface area contributed by atoms with E-state index in [2.05, 4.69) is 12.2 Å². The maximum absolute atomic E-state index is 9.67. The molecular weight excluding hydrogens is 126 g/mol. The molecule has 2 N–H and O–H groups in total. The van der Waals surface area contributed by atoms with E-state index in [1.54, 1.807) is 0 Å². The van der Waals surface area contributed by atoms with Crippen molar-refractivity contribution in [2.45, 2.75) is 44.2 Å². The van der Waals surface area contributed by atoms with Crippen molar-refractivity contribution in [2.75, 3.05) is 7.05 Å². The summed E-state index contributed by atoms with van der Waals surface area (Å²) in [5.74, 6) is 0. The summed E-state index contributed by atoms with van der Waals surface area (Å²) in [5, 5.41) is 12.8. The van der Waals surface area contributed by atoms with Crippen LogP contribution in [0.15, 0.2) is 0 Å². The highest BCUT2D eigenvalue weighted by atomic mass is 16.3. The fourth-order valence-electron chi connectivity index (χ4n) is 1.46. The molecule has 2 heteroatoms. The summed E-state index contributed by atoms with van der Waals surface area (Å²) in [5.41, 5.74) is -0.317. The van der Waals surface area contributed by atoms with Crippen LogP contribution in [0, 0.1) is 0 Å². The highest BCUT2D eigenvalue weighted by Gasteiger charge is 2.35. The van der Waals surface area contributed by atoms with E-state index in [0.717, 1.165) is 19.3 Å². The first-order valence-electron chi connectivity index (χ1n) is 4.06. The molecule has 2 nitrogen and oxygen atoms in total. The van der Waals surface area contributed by atoms with Crippen molar-refractivity contribution in [2.24, 2.45) is 0 Å². The van der Waals surface area contributed by atoms with Crippen LogP contribution in [-0.2, 0) is 0 Å². The first-order valence-corrected chi connectivity index (χ1v) is 4.06. The Bertz CT molecular complexity index is 110. The molecule has 1 fully saturated rings. The summed E-state index contributed by atoms with van der Waals surface area (Å²) in [7, 11) is 1.94. The van der Waals surface area contributed by atoms with Crippen LogP contribution in [0.2, 0.25) is 0 Å². The summed E-state index contributed by atoms with van der Waals surface area (Å²) in [6, 6.07) is 0.449. The minimum Gasteiger partial charge on any atom is -0.390 e. The van der Waals surface area contributed by atoms with Gasteiger partial charge in [0.15, 0.2) is 0 Å². The lowest BCUT2D eigenvalue weighted by Gasteiger charge is -2.38. The highest BCUT2D eigenvalue weighted by molar-refractivity contribution is 4.89. The van der Waals surface area contributed by atoms with Crippen molar-refractivity contribution in [3.05, 3.63) is 0 Å². The molecule has 1 unspecified atom stereocenters. The van der Waals surface area contributed by atoms with E-state index in [1.165, 1.54) is 6.42 Å². The highest BCUT2D eigenvalue weighted by Crippen LogP contribution is 2.35. The van der Waals surface area contributed by atoms with Gasteiger partial charge >= 0.3 is 0 Å². The lowest BCUT2D eigenvalue weighted by atomic mass is 9.76. The predicted molar refractivity (Wildman–Crippen MR) is 41.9 cm³/mol. The Morgan fingerprint density at radius 2 is 2.20 bits per heavy atom. The van der Waals surface area contributed by atoms with E-state index in [4.69, 9.17) is 0 Å². The molecule has 0 spiro atoms. The van der Waals surface area contributed by atoms with E-state index in [-0.39, 0.29) is 5.60 Å². The van der Waals surface area contributed by atoms with Crippen molar-refractivity contribution in [1.29, 1.82) is 0 Å². The largest absolute Gasteiger partial charge is 0.390 e. The van der Waals surface area contributed by atoms with Crippen LogP contribution in [0.5, 0.6) is 0 Å². The fraction of sp³-hybridized carbons (Fsp3) is 1.00. The summed E-state index contributed by atoms with van der Waals surface area (Å²) in [6.45, 7) is 2.11. The molecule has 10 heavy (non-hydrogen) atoms. The Labute approximate surface area is 62.6 Å². The fourth-order valence-corrected chi connectivity index (χ4v) is 1.46. The van der Waals surface area contributed by atoms with Gasteiger partial charge in [0.25, 0.3) is 0 Å². The molecule has 0 saturated heterocycles. The van der Waals surface area contributed by atoms with Crippen LogP contribution in [0.4, 0.5) is 0 Å². The molecule has 60 valence electrons. The Kier molecular flexibility index (Phi) is 2.32. The summed E-state index contributed by atoms with van der Waals surface area (Å²) in [4.78, 5) is 0. The van der Waals surface area contributed by atoms with Gasteiger partial charge < -0.3 is 10.4 Å². The first-order chi connectivity index (χ1) is 4.66. The van der Waals surface area contributed by atoms with Crippen LogP contribution in [0.1, 0.15) is 32.6 Å². The topological polar surface area (TPSA) is 32.3 Å². The van der Waals surface area contributed by atoms with Crippen molar-refractivity contribution < 1.29 is 5.11 Å². The molecule has 0 heterocycles. The van der Waals surface area contributed by atoms with Gasteiger partial charge in [-0.1, -0.05) is 0 Å². The monoisotopic (exact) mass is 143 g/mol. The smallest absolute Gasteiger partial charge is 0.0662 e. The number of nitrogens with one attached hydrogen (secondary N) is 1. The molecule has 0 aromatic rings. The zero-order chi connectivity index (χ0) is 7.61. The molecule has 0 amide bonds. The normalized spacial score (nSPS) is 25.5. The third kappa shape index (κ3) is 1.70. The molecule has 1 saturated carbocycles. The maximum Gasteiger partial charge on any atom is 0.0662 e. The van der Waals surface area contributed by atoms with E-state index in [1.807, 2.05) is 7.05 Å². The zero-order valence-corrected chi connectivity index (χ0v) is 6.85. The van der Waals surface area contributed by atoms with Crippen LogP contribution in [-0.4, -0.2) is 23.8 Å². The Hall–Kier alpha value is -0.0800. The van der Waals surface area contributed by atoms with Gasteiger partial charge in [-0.25, -0.2) is 0 Å². The van der Waals surface area contributed by atoms with E-state index >= 15 is 0 Å². The van der Waals surface area contributed by atoms with Crippen molar-refractivity contribution in [3.8, 4) is 0 Å². The molecule has 0 aromatic carbocycles. The van der Waals surface area contributed by atoms with Gasteiger partial charge in [0.2, 0.25) is 0 Å². The molecule has 1 rings (SSSR count). The minimum atomic E-state index is -0.317. The number of hydrogen-bond acceptors (Lipinski definition) is 2. The third-order valence-corrected chi connectivity index (χ3v) is 2.46. The van der Waals surface area contributed by atoms with Crippen LogP contribution in [0.25, 0.3) is 0 Å². The molecule has 1 aliphatic rings. The van der Waals surface area contributed by atoms with Gasteiger partial charge in [-0.15, -0.1) is 0 Å². The van der Waals surface area contributed by atoms with Crippen molar-refractivity contribution in [3.63, 3.8) is 0 Å². The molecule has 0 radical (unpaired) electrons. The Morgan fingerprint density at radius 3 is 2.50 bits per heavy atom. The predicted octanol–water partition coefficient (Wildman–Crippen LogP) is 0.899. The summed E-state index contributed by atoms with van der Waals surface area (Å²) < 4.78 is 0. The number of hydrogen-bond donors (Lipinski definition) is 2. The third-order valence-electron chi connectivity index (χ3n) is 2.46. The summed E-state index contributed by atoms with van der Waals surface area (Å²) >= 11 is 0. The summed E-state index contributed by atoms with van der Waals surface area (Å²) in [6.07, 6.45) is 4.11. The van der Waals surface area contributed by atoms with Crippen LogP contribution >= 0.6 is 0 Å². The molecular formula is C8H17NO. The molecule has 0 aromatic heterocycles. The lowest BCUT2D eigenvalue weighted by molar-refractivity contribution is -0.0458. The number of aliphatic hydroxyl groups is 1. The van der Waals surface area contributed by atoms with Gasteiger partial charge in [0, 0.05) is 6.04 Å².